The van der Waals surface area contributed by atoms with Crippen LogP contribution in [0.3, 0.4) is 0 Å². The summed E-state index contributed by atoms with van der Waals surface area (Å²) in [5.74, 6) is -0.752. The molecule has 0 atom stereocenters. The molecule has 0 unspecified atom stereocenters. The molecule has 0 radical (unpaired) electrons. The molecule has 0 saturated heterocycles. The summed E-state index contributed by atoms with van der Waals surface area (Å²) < 4.78 is 18.5. The first kappa shape index (κ1) is 11.0. The van der Waals surface area contributed by atoms with Crippen LogP contribution in [0.2, 0.25) is 0 Å². The molecule has 6 heteroatoms. The fourth-order valence-electron chi connectivity index (χ4n) is 1.19. The predicted molar refractivity (Wildman–Crippen MR) is 57.4 cm³/mol. The number of nitrogens with zero attached hydrogens (tertiary/aromatic N) is 2. The molecule has 5 nitrogen and oxygen atoms in total. The number of hydrogen-bond donors (Lipinski definition) is 0. The lowest BCUT2D eigenvalue weighted by Gasteiger charge is -2.04. The van der Waals surface area contributed by atoms with E-state index in [0.29, 0.717) is 5.75 Å². The molecule has 2 aromatic rings. The van der Waals surface area contributed by atoms with E-state index in [-0.39, 0.29) is 5.88 Å². The van der Waals surface area contributed by atoms with E-state index < -0.39 is 16.4 Å². The highest BCUT2D eigenvalue weighted by molar-refractivity contribution is 5.33. The molecule has 0 aliphatic rings. The van der Waals surface area contributed by atoms with E-state index in [1.807, 2.05) is 0 Å². The van der Waals surface area contributed by atoms with Crippen LogP contribution in [0.1, 0.15) is 0 Å². The largest absolute Gasteiger partial charge is 0.436 e. The van der Waals surface area contributed by atoms with Crippen LogP contribution >= 0.6 is 0 Å². The summed E-state index contributed by atoms with van der Waals surface area (Å²) in [5.41, 5.74) is -0.414. The summed E-state index contributed by atoms with van der Waals surface area (Å²) >= 11 is 0. The highest BCUT2D eigenvalue weighted by Gasteiger charge is 2.13. The van der Waals surface area contributed by atoms with Crippen molar-refractivity contribution in [3.05, 3.63) is 58.5 Å². The molecule has 1 aromatic carbocycles. The third kappa shape index (κ3) is 2.54. The standard InChI is InChI=1S/C11H7FN2O3/c12-10-6-8(14(15)16)7-13-11(10)17-9-4-2-1-3-5-9/h1-7H. The van der Waals surface area contributed by atoms with Gasteiger partial charge in [0.25, 0.3) is 11.6 Å². The Morgan fingerprint density at radius 2 is 2.00 bits per heavy atom. The highest BCUT2D eigenvalue weighted by atomic mass is 19.1. The number of rotatable bonds is 3. The van der Waals surface area contributed by atoms with Crippen LogP contribution < -0.4 is 4.74 Å². The van der Waals surface area contributed by atoms with Gasteiger partial charge in [0.05, 0.1) is 11.0 Å². The number of pyridine rings is 1. The van der Waals surface area contributed by atoms with Gasteiger partial charge in [0.2, 0.25) is 0 Å². The van der Waals surface area contributed by atoms with Gasteiger partial charge in [-0.2, -0.15) is 0 Å². The molecule has 0 N–H and O–H groups in total. The first-order chi connectivity index (χ1) is 8.16. The smallest absolute Gasteiger partial charge is 0.290 e. The number of nitro groups is 1. The fourth-order valence-corrected chi connectivity index (χ4v) is 1.19. The number of ether oxygens (including phenoxy) is 1. The van der Waals surface area contributed by atoms with Crippen molar-refractivity contribution in [2.45, 2.75) is 0 Å². The van der Waals surface area contributed by atoms with Gasteiger partial charge in [0, 0.05) is 0 Å². The lowest BCUT2D eigenvalue weighted by atomic mass is 10.3. The quantitative estimate of drug-likeness (QED) is 0.605. The van der Waals surface area contributed by atoms with E-state index >= 15 is 0 Å². The molecule has 1 heterocycles. The van der Waals surface area contributed by atoms with Crippen molar-refractivity contribution < 1.29 is 14.1 Å². The van der Waals surface area contributed by atoms with Crippen molar-refractivity contribution in [1.29, 1.82) is 0 Å². The molecule has 0 saturated carbocycles. The van der Waals surface area contributed by atoms with Crippen molar-refractivity contribution in [2.75, 3.05) is 0 Å². The van der Waals surface area contributed by atoms with Crippen LogP contribution in [-0.2, 0) is 0 Å². The van der Waals surface area contributed by atoms with Crippen molar-refractivity contribution >= 4 is 5.69 Å². The second kappa shape index (κ2) is 4.56. The van der Waals surface area contributed by atoms with Gasteiger partial charge >= 0.3 is 0 Å². The van der Waals surface area contributed by atoms with Crippen molar-refractivity contribution in [2.24, 2.45) is 0 Å². The van der Waals surface area contributed by atoms with Gasteiger partial charge in [-0.1, -0.05) is 18.2 Å². The predicted octanol–water partition coefficient (Wildman–Crippen LogP) is 2.92. The number of aromatic nitrogens is 1. The summed E-state index contributed by atoms with van der Waals surface area (Å²) in [5, 5.41) is 10.4. The SMILES string of the molecule is O=[N+]([O-])c1cnc(Oc2ccccc2)c(F)c1. The lowest BCUT2D eigenvalue weighted by molar-refractivity contribution is -0.385. The third-order valence-electron chi connectivity index (χ3n) is 1.96. The Morgan fingerprint density at radius 3 is 2.59 bits per heavy atom. The average Bonchev–Trinajstić information content (AvgIpc) is 2.33. The van der Waals surface area contributed by atoms with Gasteiger partial charge in [-0.15, -0.1) is 0 Å². The molecule has 0 spiro atoms. The van der Waals surface area contributed by atoms with Crippen LogP contribution in [0.4, 0.5) is 10.1 Å². The van der Waals surface area contributed by atoms with Gasteiger partial charge in [-0.3, -0.25) is 10.1 Å². The lowest BCUT2D eigenvalue weighted by Crippen LogP contribution is -1.95. The minimum Gasteiger partial charge on any atom is -0.436 e. The maximum Gasteiger partial charge on any atom is 0.290 e. The minimum absolute atomic E-state index is 0.290. The van der Waals surface area contributed by atoms with E-state index in [1.54, 1.807) is 30.3 Å². The Morgan fingerprint density at radius 1 is 1.29 bits per heavy atom. The minimum atomic E-state index is -0.872. The van der Waals surface area contributed by atoms with Crippen LogP contribution in [0.25, 0.3) is 0 Å². The zero-order valence-corrected chi connectivity index (χ0v) is 8.54. The van der Waals surface area contributed by atoms with Crippen LogP contribution in [0, 0.1) is 15.9 Å². The third-order valence-corrected chi connectivity index (χ3v) is 1.96. The summed E-state index contributed by atoms with van der Waals surface area (Å²) in [6.07, 6.45) is 0.946. The van der Waals surface area contributed by atoms with E-state index in [9.17, 15) is 14.5 Å². The van der Waals surface area contributed by atoms with Gasteiger partial charge in [-0.05, 0) is 12.1 Å². The Bertz CT molecular complexity index is 546. The van der Waals surface area contributed by atoms with Gasteiger partial charge in [0.1, 0.15) is 11.9 Å². The summed E-state index contributed by atoms with van der Waals surface area (Å²) in [6, 6.07) is 9.25. The second-order valence-corrected chi connectivity index (χ2v) is 3.15. The molecule has 0 aliphatic heterocycles. The topological polar surface area (TPSA) is 65.3 Å². The van der Waals surface area contributed by atoms with Gasteiger partial charge in [0.15, 0.2) is 5.82 Å². The highest BCUT2D eigenvalue weighted by Crippen LogP contribution is 2.24. The maximum absolute atomic E-state index is 13.4. The Labute approximate surface area is 95.6 Å². The molecular formula is C11H7FN2O3. The summed E-state index contributed by atoms with van der Waals surface area (Å²) in [6.45, 7) is 0. The Hall–Kier alpha value is -2.50. The van der Waals surface area contributed by atoms with Crippen molar-refractivity contribution in [1.82, 2.24) is 4.98 Å². The first-order valence-corrected chi connectivity index (χ1v) is 4.69. The van der Waals surface area contributed by atoms with Gasteiger partial charge in [-0.25, -0.2) is 9.37 Å². The molecule has 0 amide bonds. The molecule has 86 valence electrons. The zero-order chi connectivity index (χ0) is 12.3. The average molecular weight is 234 g/mol. The number of benzene rings is 1. The van der Waals surface area contributed by atoms with Crippen molar-refractivity contribution in [3.63, 3.8) is 0 Å². The van der Waals surface area contributed by atoms with Crippen LogP contribution in [-0.4, -0.2) is 9.91 Å². The van der Waals surface area contributed by atoms with E-state index in [0.717, 1.165) is 12.3 Å². The molecule has 0 aliphatic carbocycles. The van der Waals surface area contributed by atoms with Crippen LogP contribution in [0.5, 0.6) is 11.6 Å². The summed E-state index contributed by atoms with van der Waals surface area (Å²) in [4.78, 5) is 13.2. The number of hydrogen-bond acceptors (Lipinski definition) is 4. The molecule has 17 heavy (non-hydrogen) atoms. The zero-order valence-electron chi connectivity index (χ0n) is 8.54. The first-order valence-electron chi connectivity index (χ1n) is 4.69. The van der Waals surface area contributed by atoms with E-state index in [1.165, 1.54) is 0 Å². The summed E-state index contributed by atoms with van der Waals surface area (Å²) in [7, 11) is 0. The van der Waals surface area contributed by atoms with E-state index in [2.05, 4.69) is 4.98 Å². The fraction of sp³-hybridized carbons (Fsp3) is 0. The maximum atomic E-state index is 13.4. The molecule has 0 bridgehead atoms. The molecule has 1 aromatic heterocycles. The number of para-hydroxylation sites is 1. The Kier molecular flexibility index (Phi) is 2.95. The normalized spacial score (nSPS) is 9.94. The van der Waals surface area contributed by atoms with E-state index in [4.69, 9.17) is 4.74 Å². The van der Waals surface area contributed by atoms with Crippen molar-refractivity contribution in [3.8, 4) is 11.6 Å². The second-order valence-electron chi connectivity index (χ2n) is 3.15. The van der Waals surface area contributed by atoms with Crippen LogP contribution in [0.15, 0.2) is 42.6 Å². The molecular weight excluding hydrogens is 227 g/mol. The molecule has 0 fully saturated rings. The Balaban J connectivity index is 2.26. The monoisotopic (exact) mass is 234 g/mol. The molecule has 2 rings (SSSR count). The number of halogens is 1. The van der Waals surface area contributed by atoms with Gasteiger partial charge < -0.3 is 4.74 Å².